The van der Waals surface area contributed by atoms with E-state index < -0.39 is 0 Å². The first-order chi connectivity index (χ1) is 17.5. The molecule has 0 bridgehead atoms. The van der Waals surface area contributed by atoms with Gasteiger partial charge >= 0.3 is 0 Å². The minimum absolute atomic E-state index is 0.184. The number of hydrogen-bond donors (Lipinski definition) is 0. The van der Waals surface area contributed by atoms with Crippen molar-refractivity contribution in [2.75, 3.05) is 0 Å². The highest BCUT2D eigenvalue weighted by atomic mass is 79.9. The molecule has 0 N–H and O–H groups in total. The predicted octanol–water partition coefficient (Wildman–Crippen LogP) is 5.68. The molecule has 9 heteroatoms. The summed E-state index contributed by atoms with van der Waals surface area (Å²) in [5, 5.41) is 6.93. The Hall–Kier alpha value is -3.82. The minimum Gasteiger partial charge on any atom is -0.283 e. The Morgan fingerprint density at radius 1 is 1.03 bits per heavy atom. The zero-order chi connectivity index (χ0) is 25.2. The van der Waals surface area contributed by atoms with E-state index in [2.05, 4.69) is 20.9 Å². The van der Waals surface area contributed by atoms with Crippen LogP contribution in [0.4, 0.5) is 5.69 Å². The summed E-state index contributed by atoms with van der Waals surface area (Å²) >= 11 is 5.10. The van der Waals surface area contributed by atoms with Crippen LogP contribution in [0.25, 0.3) is 16.9 Å². The number of thiazole rings is 1. The van der Waals surface area contributed by atoms with Gasteiger partial charge in [-0.3, -0.25) is 14.5 Å². The Bertz CT molecular complexity index is 1690. The van der Waals surface area contributed by atoms with Gasteiger partial charge in [-0.25, -0.2) is 14.4 Å². The molecule has 0 aliphatic carbocycles. The third-order valence-electron chi connectivity index (χ3n) is 5.90. The van der Waals surface area contributed by atoms with E-state index in [1.54, 1.807) is 21.8 Å². The lowest BCUT2D eigenvalue weighted by atomic mass is 10.2. The largest absolute Gasteiger partial charge is 0.297 e. The van der Waals surface area contributed by atoms with Gasteiger partial charge in [-0.15, -0.1) is 11.3 Å². The van der Waals surface area contributed by atoms with Gasteiger partial charge in [0, 0.05) is 40.4 Å². The van der Waals surface area contributed by atoms with E-state index in [0.717, 1.165) is 38.4 Å². The highest BCUT2D eigenvalue weighted by Gasteiger charge is 2.17. The molecule has 5 aromatic rings. The molecule has 7 nitrogen and oxygen atoms in total. The van der Waals surface area contributed by atoms with Crippen LogP contribution in [0.15, 0.2) is 104 Å². The monoisotopic (exact) mass is 558 g/mol. The number of para-hydroxylation sites is 1. The molecule has 0 aliphatic heterocycles. The van der Waals surface area contributed by atoms with E-state index in [9.17, 15) is 4.79 Å². The number of halogens is 1. The first-order valence-electron chi connectivity index (χ1n) is 11.3. The van der Waals surface area contributed by atoms with Crippen molar-refractivity contribution >= 4 is 38.7 Å². The summed E-state index contributed by atoms with van der Waals surface area (Å²) in [6, 6.07) is 21.4. The minimum atomic E-state index is -0.184. The lowest BCUT2D eigenvalue weighted by Crippen LogP contribution is -2.20. The van der Waals surface area contributed by atoms with E-state index in [4.69, 9.17) is 10.1 Å². The summed E-state index contributed by atoms with van der Waals surface area (Å²) in [6.45, 7) is 3.84. The number of rotatable bonds is 5. The summed E-state index contributed by atoms with van der Waals surface area (Å²) in [5.41, 5.74) is 5.27. The fourth-order valence-electron chi connectivity index (χ4n) is 3.89. The number of nitrogens with zero attached hydrogens (tertiary/aromatic N) is 6. The van der Waals surface area contributed by atoms with Crippen molar-refractivity contribution < 1.29 is 0 Å². The van der Waals surface area contributed by atoms with Gasteiger partial charge < -0.3 is 0 Å². The average molecular weight is 559 g/mol. The van der Waals surface area contributed by atoms with Crippen LogP contribution in [0.2, 0.25) is 0 Å². The molecule has 3 aromatic heterocycles. The van der Waals surface area contributed by atoms with Crippen molar-refractivity contribution in [3.05, 3.63) is 115 Å². The predicted molar refractivity (Wildman–Crippen MR) is 148 cm³/mol. The van der Waals surface area contributed by atoms with Crippen molar-refractivity contribution in [3.8, 4) is 16.9 Å². The maximum atomic E-state index is 13.5. The summed E-state index contributed by atoms with van der Waals surface area (Å²) in [5.74, 6) is 0. The molecule has 0 aliphatic rings. The molecule has 2 aromatic carbocycles. The normalized spacial score (nSPS) is 12.3. The smallest absolute Gasteiger partial charge is 0.283 e. The molecule has 5 rings (SSSR count). The SMILES string of the molecule is CC(=Nn1c(-c2ccccc2Br)csc1=Nc1c(C)n(C)n(-c2ccccc2)c1=O)c1cccnc1. The Morgan fingerprint density at radius 2 is 1.78 bits per heavy atom. The van der Waals surface area contributed by atoms with Crippen LogP contribution in [0.3, 0.4) is 0 Å². The maximum absolute atomic E-state index is 13.5. The number of aromatic nitrogens is 4. The quantitative estimate of drug-likeness (QED) is 0.260. The second-order valence-corrected chi connectivity index (χ2v) is 9.84. The summed E-state index contributed by atoms with van der Waals surface area (Å²) < 4.78 is 6.20. The zero-order valence-corrected chi connectivity index (χ0v) is 22.4. The van der Waals surface area contributed by atoms with Crippen LogP contribution in [0.5, 0.6) is 0 Å². The molecular formula is C27H23BrN6OS. The van der Waals surface area contributed by atoms with Crippen LogP contribution in [0, 0.1) is 6.92 Å². The van der Waals surface area contributed by atoms with Gasteiger partial charge in [-0.2, -0.15) is 5.10 Å². The highest BCUT2D eigenvalue weighted by Crippen LogP contribution is 2.29. The van der Waals surface area contributed by atoms with Crippen LogP contribution in [-0.4, -0.2) is 24.7 Å². The van der Waals surface area contributed by atoms with Gasteiger partial charge in [0.05, 0.1) is 22.8 Å². The van der Waals surface area contributed by atoms with Crippen molar-refractivity contribution in [1.29, 1.82) is 0 Å². The summed E-state index contributed by atoms with van der Waals surface area (Å²) in [4.78, 5) is 23.2. The third-order valence-corrected chi connectivity index (χ3v) is 7.40. The molecule has 0 amide bonds. The van der Waals surface area contributed by atoms with Gasteiger partial charge in [0.2, 0.25) is 4.80 Å². The van der Waals surface area contributed by atoms with Gasteiger partial charge in [-0.1, -0.05) is 58.4 Å². The molecule has 36 heavy (non-hydrogen) atoms. The lowest BCUT2D eigenvalue weighted by molar-refractivity contribution is 0.630. The lowest BCUT2D eigenvalue weighted by Gasteiger charge is -2.07. The first kappa shape index (κ1) is 23.9. The molecule has 0 atom stereocenters. The molecule has 0 saturated heterocycles. The number of pyridine rings is 1. The molecule has 0 spiro atoms. The van der Waals surface area contributed by atoms with Gasteiger partial charge in [-0.05, 0) is 38.1 Å². The Kier molecular flexibility index (Phi) is 6.67. The fraction of sp³-hybridized carbons (Fsp3) is 0.111. The van der Waals surface area contributed by atoms with Gasteiger partial charge in [0.25, 0.3) is 5.56 Å². The summed E-state index contributed by atoms with van der Waals surface area (Å²) in [7, 11) is 1.86. The summed E-state index contributed by atoms with van der Waals surface area (Å²) in [6.07, 6.45) is 3.51. The standard InChI is InChI=1S/C27H23BrN6OS/c1-18(20-10-9-15-29-16-20)31-33-24(22-13-7-8-14-23(22)28)17-36-27(33)30-25-19(2)32(3)34(26(25)35)21-11-5-4-6-12-21/h4-17H,1-3H3. The van der Waals surface area contributed by atoms with Gasteiger partial charge in [0.15, 0.2) is 5.69 Å². The second-order valence-electron chi connectivity index (χ2n) is 8.14. The van der Waals surface area contributed by atoms with E-state index in [1.165, 1.54) is 11.3 Å². The van der Waals surface area contributed by atoms with Gasteiger partial charge in [0.1, 0.15) is 0 Å². The van der Waals surface area contributed by atoms with Crippen molar-refractivity contribution in [2.24, 2.45) is 17.1 Å². The van der Waals surface area contributed by atoms with E-state index in [0.29, 0.717) is 10.5 Å². The molecule has 180 valence electrons. The molecular weight excluding hydrogens is 536 g/mol. The Labute approximate surface area is 220 Å². The van der Waals surface area contributed by atoms with Crippen LogP contribution >= 0.6 is 27.3 Å². The second kappa shape index (κ2) is 10.0. The fourth-order valence-corrected chi connectivity index (χ4v) is 5.21. The maximum Gasteiger partial charge on any atom is 0.297 e. The molecule has 0 saturated carbocycles. The van der Waals surface area contributed by atoms with E-state index in [-0.39, 0.29) is 5.56 Å². The van der Waals surface area contributed by atoms with E-state index >= 15 is 0 Å². The first-order valence-corrected chi connectivity index (χ1v) is 12.9. The molecule has 0 radical (unpaired) electrons. The van der Waals surface area contributed by atoms with E-state index in [1.807, 2.05) is 97.7 Å². The number of hydrogen-bond acceptors (Lipinski definition) is 5. The Balaban J connectivity index is 1.75. The van der Waals surface area contributed by atoms with Crippen LogP contribution in [0.1, 0.15) is 18.2 Å². The van der Waals surface area contributed by atoms with Crippen LogP contribution < -0.4 is 10.4 Å². The zero-order valence-electron chi connectivity index (χ0n) is 20.0. The number of benzene rings is 2. The van der Waals surface area contributed by atoms with Crippen molar-refractivity contribution in [3.63, 3.8) is 0 Å². The van der Waals surface area contributed by atoms with Crippen molar-refractivity contribution in [1.82, 2.24) is 19.0 Å². The Morgan fingerprint density at radius 3 is 2.50 bits per heavy atom. The average Bonchev–Trinajstić information content (AvgIpc) is 3.38. The highest BCUT2D eigenvalue weighted by molar-refractivity contribution is 9.10. The third kappa shape index (κ3) is 4.43. The van der Waals surface area contributed by atoms with Crippen LogP contribution in [-0.2, 0) is 7.05 Å². The molecule has 3 heterocycles. The van der Waals surface area contributed by atoms with Crippen molar-refractivity contribution in [2.45, 2.75) is 13.8 Å². The topological polar surface area (TPSA) is 69.5 Å². The molecule has 0 fully saturated rings. The molecule has 0 unspecified atom stereocenters.